The van der Waals surface area contributed by atoms with Crippen molar-refractivity contribution in [3.05, 3.63) is 54.1 Å². The van der Waals surface area contributed by atoms with Crippen LogP contribution in [0.3, 0.4) is 0 Å². The summed E-state index contributed by atoms with van der Waals surface area (Å²) in [7, 11) is 5.00. The molecule has 0 aromatic heterocycles. The molecule has 1 atom stereocenters. The molecule has 0 heterocycles. The van der Waals surface area contributed by atoms with Gasteiger partial charge in [-0.05, 0) is 48.9 Å². The first-order valence-corrected chi connectivity index (χ1v) is 7.72. The molecule has 0 fully saturated rings. The number of hydrogen-bond acceptors (Lipinski definition) is 4. The fourth-order valence-corrected chi connectivity index (χ4v) is 2.30. The second-order valence-electron chi connectivity index (χ2n) is 5.48. The van der Waals surface area contributed by atoms with Crippen LogP contribution in [0.4, 0.5) is 0 Å². The fourth-order valence-electron chi connectivity index (χ4n) is 2.30. The van der Waals surface area contributed by atoms with Crippen LogP contribution in [0.1, 0.15) is 12.5 Å². The first-order valence-electron chi connectivity index (χ1n) is 7.72. The van der Waals surface area contributed by atoms with Gasteiger partial charge >= 0.3 is 0 Å². The molecule has 2 aromatic rings. The predicted octanol–water partition coefficient (Wildman–Crippen LogP) is 3.13. The number of carbonyl (C=O) groups is 1. The zero-order valence-electron chi connectivity index (χ0n) is 14.5. The van der Waals surface area contributed by atoms with E-state index in [-0.39, 0.29) is 5.91 Å². The van der Waals surface area contributed by atoms with Gasteiger partial charge in [0.25, 0.3) is 5.91 Å². The molecule has 0 unspecified atom stereocenters. The van der Waals surface area contributed by atoms with Crippen LogP contribution in [0.2, 0.25) is 0 Å². The maximum absolute atomic E-state index is 12.4. The lowest BCUT2D eigenvalue weighted by molar-refractivity contribution is -0.137. The van der Waals surface area contributed by atoms with Crippen LogP contribution in [0, 0.1) is 0 Å². The van der Waals surface area contributed by atoms with Crippen molar-refractivity contribution in [1.82, 2.24) is 4.90 Å². The van der Waals surface area contributed by atoms with E-state index in [9.17, 15) is 4.79 Å². The van der Waals surface area contributed by atoms with E-state index in [0.717, 1.165) is 17.1 Å². The summed E-state index contributed by atoms with van der Waals surface area (Å²) in [5, 5.41) is 0. The minimum absolute atomic E-state index is 0.0818. The van der Waals surface area contributed by atoms with E-state index in [1.54, 1.807) is 57.4 Å². The Morgan fingerprint density at radius 3 is 1.88 bits per heavy atom. The van der Waals surface area contributed by atoms with E-state index in [1.807, 2.05) is 24.3 Å². The molecule has 24 heavy (non-hydrogen) atoms. The van der Waals surface area contributed by atoms with Gasteiger partial charge in [-0.25, -0.2) is 0 Å². The fraction of sp³-hybridized carbons (Fsp3) is 0.316. The van der Waals surface area contributed by atoms with Gasteiger partial charge in [0, 0.05) is 13.6 Å². The van der Waals surface area contributed by atoms with E-state index in [1.165, 1.54) is 0 Å². The van der Waals surface area contributed by atoms with Crippen molar-refractivity contribution in [2.24, 2.45) is 0 Å². The van der Waals surface area contributed by atoms with E-state index in [2.05, 4.69) is 0 Å². The summed E-state index contributed by atoms with van der Waals surface area (Å²) in [5.74, 6) is 2.10. The molecule has 0 spiro atoms. The zero-order chi connectivity index (χ0) is 17.5. The molecule has 5 nitrogen and oxygen atoms in total. The van der Waals surface area contributed by atoms with Crippen LogP contribution in [-0.2, 0) is 11.3 Å². The molecule has 0 N–H and O–H groups in total. The summed E-state index contributed by atoms with van der Waals surface area (Å²) < 4.78 is 15.9. The maximum Gasteiger partial charge on any atom is 0.263 e. The molecule has 0 saturated carbocycles. The number of hydrogen-bond donors (Lipinski definition) is 0. The standard InChI is InChI=1S/C19H23NO4/c1-14(24-18-11-9-17(23-4)10-12-18)19(21)20(2)13-15-5-7-16(22-3)8-6-15/h5-12,14H,13H2,1-4H3/t14-/m1/s1. The van der Waals surface area contributed by atoms with Gasteiger partial charge in [-0.15, -0.1) is 0 Å². The summed E-state index contributed by atoms with van der Waals surface area (Å²) in [6.07, 6.45) is -0.568. The molecule has 0 radical (unpaired) electrons. The van der Waals surface area contributed by atoms with Gasteiger partial charge in [0.2, 0.25) is 0 Å². The van der Waals surface area contributed by atoms with E-state index >= 15 is 0 Å². The number of methoxy groups -OCH3 is 2. The Balaban J connectivity index is 1.92. The summed E-state index contributed by atoms with van der Waals surface area (Å²) in [6, 6.07) is 14.8. The van der Waals surface area contributed by atoms with Gasteiger partial charge in [-0.1, -0.05) is 12.1 Å². The molecule has 0 aliphatic carbocycles. The Bertz CT molecular complexity index is 595. The Morgan fingerprint density at radius 1 is 0.917 bits per heavy atom. The summed E-state index contributed by atoms with van der Waals surface area (Å²) in [6.45, 7) is 2.26. The Hall–Kier alpha value is -2.69. The number of rotatable bonds is 7. The minimum Gasteiger partial charge on any atom is -0.497 e. The molecule has 0 aliphatic heterocycles. The molecule has 0 bridgehead atoms. The third-order valence-corrected chi connectivity index (χ3v) is 3.68. The lowest BCUT2D eigenvalue weighted by atomic mass is 10.2. The number of benzene rings is 2. The summed E-state index contributed by atoms with van der Waals surface area (Å²) >= 11 is 0. The van der Waals surface area contributed by atoms with Crippen molar-refractivity contribution in [2.45, 2.75) is 19.6 Å². The molecule has 2 rings (SSSR count). The molecular formula is C19H23NO4. The predicted molar refractivity (Wildman–Crippen MR) is 92.6 cm³/mol. The highest BCUT2D eigenvalue weighted by molar-refractivity contribution is 5.80. The van der Waals surface area contributed by atoms with Crippen LogP contribution in [0.15, 0.2) is 48.5 Å². The summed E-state index contributed by atoms with van der Waals surface area (Å²) in [4.78, 5) is 14.1. The van der Waals surface area contributed by atoms with Crippen molar-refractivity contribution in [3.63, 3.8) is 0 Å². The minimum atomic E-state index is -0.568. The first-order chi connectivity index (χ1) is 11.5. The van der Waals surface area contributed by atoms with Crippen molar-refractivity contribution in [1.29, 1.82) is 0 Å². The number of carbonyl (C=O) groups excluding carboxylic acids is 1. The number of nitrogens with zero attached hydrogens (tertiary/aromatic N) is 1. The topological polar surface area (TPSA) is 48.0 Å². The Morgan fingerprint density at radius 2 is 1.38 bits per heavy atom. The largest absolute Gasteiger partial charge is 0.497 e. The average Bonchev–Trinajstić information content (AvgIpc) is 2.62. The average molecular weight is 329 g/mol. The van der Waals surface area contributed by atoms with Crippen molar-refractivity contribution >= 4 is 5.91 Å². The summed E-state index contributed by atoms with van der Waals surface area (Å²) in [5.41, 5.74) is 1.03. The van der Waals surface area contributed by atoms with Gasteiger partial charge in [0.15, 0.2) is 6.10 Å². The van der Waals surface area contributed by atoms with E-state index in [4.69, 9.17) is 14.2 Å². The van der Waals surface area contributed by atoms with E-state index in [0.29, 0.717) is 12.3 Å². The number of ether oxygens (including phenoxy) is 3. The highest BCUT2D eigenvalue weighted by Gasteiger charge is 2.19. The van der Waals surface area contributed by atoms with Gasteiger partial charge in [-0.3, -0.25) is 4.79 Å². The monoisotopic (exact) mass is 329 g/mol. The molecular weight excluding hydrogens is 306 g/mol. The van der Waals surface area contributed by atoms with Crippen molar-refractivity contribution in [3.8, 4) is 17.2 Å². The van der Waals surface area contributed by atoms with Gasteiger partial charge in [-0.2, -0.15) is 0 Å². The quantitative estimate of drug-likeness (QED) is 0.783. The van der Waals surface area contributed by atoms with Gasteiger partial charge < -0.3 is 19.1 Å². The number of likely N-dealkylation sites (N-methyl/N-ethyl adjacent to an activating group) is 1. The number of amides is 1. The third-order valence-electron chi connectivity index (χ3n) is 3.68. The first kappa shape index (κ1) is 17.7. The Labute approximate surface area is 142 Å². The van der Waals surface area contributed by atoms with Crippen LogP contribution in [0.25, 0.3) is 0 Å². The molecule has 2 aromatic carbocycles. The van der Waals surface area contributed by atoms with Crippen LogP contribution >= 0.6 is 0 Å². The Kier molecular flexibility index (Phi) is 6.07. The second-order valence-corrected chi connectivity index (χ2v) is 5.48. The smallest absolute Gasteiger partial charge is 0.263 e. The second kappa shape index (κ2) is 8.24. The lowest BCUT2D eigenvalue weighted by Crippen LogP contribution is -2.37. The van der Waals surface area contributed by atoms with Crippen LogP contribution < -0.4 is 14.2 Å². The molecule has 0 saturated heterocycles. The normalized spacial score (nSPS) is 11.5. The van der Waals surface area contributed by atoms with E-state index < -0.39 is 6.10 Å². The van der Waals surface area contributed by atoms with Crippen molar-refractivity contribution in [2.75, 3.05) is 21.3 Å². The zero-order valence-corrected chi connectivity index (χ0v) is 14.5. The molecule has 5 heteroatoms. The van der Waals surface area contributed by atoms with Gasteiger partial charge in [0.05, 0.1) is 14.2 Å². The van der Waals surface area contributed by atoms with Crippen LogP contribution in [0.5, 0.6) is 17.2 Å². The molecule has 1 amide bonds. The molecule has 128 valence electrons. The molecule has 0 aliphatic rings. The van der Waals surface area contributed by atoms with Gasteiger partial charge in [0.1, 0.15) is 17.2 Å². The highest BCUT2D eigenvalue weighted by Crippen LogP contribution is 2.19. The lowest BCUT2D eigenvalue weighted by Gasteiger charge is -2.22. The maximum atomic E-state index is 12.4. The highest BCUT2D eigenvalue weighted by atomic mass is 16.5. The SMILES string of the molecule is COc1ccc(CN(C)C(=O)[C@@H](C)Oc2ccc(OC)cc2)cc1. The van der Waals surface area contributed by atoms with Crippen LogP contribution in [-0.4, -0.2) is 38.2 Å². The third kappa shape index (κ3) is 4.65. The van der Waals surface area contributed by atoms with Crippen molar-refractivity contribution < 1.29 is 19.0 Å².